The van der Waals surface area contributed by atoms with E-state index in [9.17, 15) is 4.79 Å². The average Bonchev–Trinajstić information content (AvgIpc) is 2.82. The lowest BCUT2D eigenvalue weighted by Gasteiger charge is -2.01. The minimum absolute atomic E-state index is 0.370. The molecule has 0 unspecified atom stereocenters. The monoisotopic (exact) mass is 181 g/mol. The van der Waals surface area contributed by atoms with Crippen LogP contribution in [0.25, 0.3) is 0 Å². The molecule has 0 atom stereocenters. The van der Waals surface area contributed by atoms with Crippen LogP contribution in [0.5, 0.6) is 0 Å². The van der Waals surface area contributed by atoms with Crippen molar-refractivity contribution in [1.82, 2.24) is 15.0 Å². The van der Waals surface area contributed by atoms with Gasteiger partial charge in [-0.25, -0.2) is 9.48 Å². The molecule has 5 nitrogen and oxygen atoms in total. The molecule has 0 bridgehead atoms. The number of ether oxygens (including phenoxy) is 1. The van der Waals surface area contributed by atoms with Crippen LogP contribution in [-0.2, 0) is 11.3 Å². The first-order valence-electron chi connectivity index (χ1n) is 4.28. The van der Waals surface area contributed by atoms with Crippen molar-refractivity contribution in [2.24, 2.45) is 5.92 Å². The van der Waals surface area contributed by atoms with Gasteiger partial charge in [0.05, 0.1) is 13.3 Å². The molecule has 13 heavy (non-hydrogen) atoms. The standard InChI is InChI=1S/C8H11N3O2/c1-13-8(12)7-4-9-10-11(7)5-6-2-3-6/h4,6H,2-3,5H2,1H3. The van der Waals surface area contributed by atoms with E-state index in [1.807, 2.05) is 0 Å². The fourth-order valence-corrected chi connectivity index (χ4v) is 1.20. The predicted molar refractivity (Wildman–Crippen MR) is 44.1 cm³/mol. The Labute approximate surface area is 75.7 Å². The van der Waals surface area contributed by atoms with E-state index in [-0.39, 0.29) is 5.97 Å². The summed E-state index contributed by atoms with van der Waals surface area (Å²) >= 11 is 0. The van der Waals surface area contributed by atoms with Gasteiger partial charge in [0.1, 0.15) is 0 Å². The Balaban J connectivity index is 2.14. The number of aromatic nitrogens is 3. The van der Waals surface area contributed by atoms with Crippen molar-refractivity contribution < 1.29 is 9.53 Å². The van der Waals surface area contributed by atoms with Crippen molar-refractivity contribution in [1.29, 1.82) is 0 Å². The number of hydrogen-bond acceptors (Lipinski definition) is 4. The van der Waals surface area contributed by atoms with Crippen LogP contribution in [0, 0.1) is 5.92 Å². The molecule has 1 aromatic rings. The van der Waals surface area contributed by atoms with Crippen molar-refractivity contribution in [2.45, 2.75) is 19.4 Å². The third-order valence-corrected chi connectivity index (χ3v) is 2.14. The molecular formula is C8H11N3O2. The molecule has 0 spiro atoms. The highest BCUT2D eigenvalue weighted by Gasteiger charge is 2.24. The van der Waals surface area contributed by atoms with E-state index >= 15 is 0 Å². The molecule has 5 heteroatoms. The second-order valence-corrected chi connectivity index (χ2v) is 3.24. The number of rotatable bonds is 3. The van der Waals surface area contributed by atoms with Crippen LogP contribution in [-0.4, -0.2) is 28.1 Å². The number of esters is 1. The lowest BCUT2D eigenvalue weighted by Crippen LogP contribution is -2.12. The van der Waals surface area contributed by atoms with Crippen LogP contribution in [0.15, 0.2) is 6.20 Å². The topological polar surface area (TPSA) is 57.0 Å². The zero-order valence-corrected chi connectivity index (χ0v) is 7.43. The van der Waals surface area contributed by atoms with E-state index in [2.05, 4.69) is 15.0 Å². The maximum atomic E-state index is 11.2. The van der Waals surface area contributed by atoms with Crippen LogP contribution in [0.2, 0.25) is 0 Å². The van der Waals surface area contributed by atoms with E-state index < -0.39 is 0 Å². The number of nitrogens with zero attached hydrogens (tertiary/aromatic N) is 3. The van der Waals surface area contributed by atoms with E-state index in [0.29, 0.717) is 11.6 Å². The lowest BCUT2D eigenvalue weighted by molar-refractivity contribution is 0.0586. The van der Waals surface area contributed by atoms with Gasteiger partial charge in [-0.1, -0.05) is 5.21 Å². The number of hydrogen-bond donors (Lipinski definition) is 0. The highest BCUT2D eigenvalue weighted by molar-refractivity contribution is 5.86. The Morgan fingerprint density at radius 1 is 1.77 bits per heavy atom. The van der Waals surface area contributed by atoms with Gasteiger partial charge in [-0.15, -0.1) is 5.10 Å². The summed E-state index contributed by atoms with van der Waals surface area (Å²) < 4.78 is 6.21. The zero-order chi connectivity index (χ0) is 9.26. The van der Waals surface area contributed by atoms with Crippen molar-refractivity contribution in [3.63, 3.8) is 0 Å². The summed E-state index contributed by atoms with van der Waals surface area (Å²) in [6.07, 6.45) is 3.88. The van der Waals surface area contributed by atoms with Crippen LogP contribution in [0.4, 0.5) is 0 Å². The highest BCUT2D eigenvalue weighted by atomic mass is 16.5. The first-order chi connectivity index (χ1) is 6.31. The molecule has 1 fully saturated rings. The fourth-order valence-electron chi connectivity index (χ4n) is 1.20. The van der Waals surface area contributed by atoms with E-state index in [4.69, 9.17) is 0 Å². The lowest BCUT2D eigenvalue weighted by atomic mass is 10.4. The predicted octanol–water partition coefficient (Wildman–Crippen LogP) is 0.475. The smallest absolute Gasteiger partial charge is 0.358 e. The van der Waals surface area contributed by atoms with Gasteiger partial charge < -0.3 is 4.74 Å². The fraction of sp³-hybridized carbons (Fsp3) is 0.625. The molecule has 70 valence electrons. The van der Waals surface area contributed by atoms with Gasteiger partial charge >= 0.3 is 5.97 Å². The summed E-state index contributed by atoms with van der Waals surface area (Å²) in [6, 6.07) is 0. The largest absolute Gasteiger partial charge is 0.464 e. The Hall–Kier alpha value is -1.39. The van der Waals surface area contributed by atoms with Gasteiger partial charge in [-0.2, -0.15) is 0 Å². The normalized spacial score (nSPS) is 15.8. The minimum atomic E-state index is -0.370. The van der Waals surface area contributed by atoms with Crippen molar-refractivity contribution in [2.75, 3.05) is 7.11 Å². The Morgan fingerprint density at radius 3 is 3.15 bits per heavy atom. The Morgan fingerprint density at radius 2 is 2.54 bits per heavy atom. The molecule has 0 N–H and O–H groups in total. The zero-order valence-electron chi connectivity index (χ0n) is 7.43. The molecule has 1 aliphatic carbocycles. The van der Waals surface area contributed by atoms with E-state index in [0.717, 1.165) is 6.54 Å². The van der Waals surface area contributed by atoms with Crippen molar-refractivity contribution >= 4 is 5.97 Å². The van der Waals surface area contributed by atoms with E-state index in [1.165, 1.54) is 26.1 Å². The van der Waals surface area contributed by atoms with Crippen molar-refractivity contribution in [3.05, 3.63) is 11.9 Å². The molecule has 0 radical (unpaired) electrons. The third-order valence-electron chi connectivity index (χ3n) is 2.14. The maximum absolute atomic E-state index is 11.2. The van der Waals surface area contributed by atoms with Gasteiger partial charge in [0.15, 0.2) is 5.69 Å². The van der Waals surface area contributed by atoms with Gasteiger partial charge in [0.2, 0.25) is 0 Å². The molecule has 2 rings (SSSR count). The maximum Gasteiger partial charge on any atom is 0.358 e. The van der Waals surface area contributed by atoms with E-state index in [1.54, 1.807) is 4.68 Å². The number of methoxy groups -OCH3 is 1. The molecular weight excluding hydrogens is 170 g/mol. The molecule has 0 aromatic carbocycles. The molecule has 1 saturated carbocycles. The molecule has 1 aliphatic rings. The molecule has 0 aliphatic heterocycles. The summed E-state index contributed by atoms with van der Waals surface area (Å²) in [5.74, 6) is 0.302. The second-order valence-electron chi connectivity index (χ2n) is 3.24. The Bertz CT molecular complexity index is 317. The average molecular weight is 181 g/mol. The quantitative estimate of drug-likeness (QED) is 0.636. The first kappa shape index (κ1) is 8.22. The highest BCUT2D eigenvalue weighted by Crippen LogP contribution is 2.30. The second kappa shape index (κ2) is 3.16. The third kappa shape index (κ3) is 1.68. The van der Waals surface area contributed by atoms with Gasteiger partial charge in [0, 0.05) is 6.54 Å². The van der Waals surface area contributed by atoms with Crippen LogP contribution in [0.1, 0.15) is 23.3 Å². The van der Waals surface area contributed by atoms with Crippen LogP contribution >= 0.6 is 0 Å². The minimum Gasteiger partial charge on any atom is -0.464 e. The molecule has 1 aromatic heterocycles. The molecule has 0 amide bonds. The summed E-state index contributed by atoms with van der Waals surface area (Å²) in [7, 11) is 1.36. The van der Waals surface area contributed by atoms with Crippen LogP contribution in [0.3, 0.4) is 0 Å². The van der Waals surface area contributed by atoms with Crippen molar-refractivity contribution in [3.8, 4) is 0 Å². The summed E-state index contributed by atoms with van der Waals surface area (Å²) in [6.45, 7) is 0.782. The molecule has 0 saturated heterocycles. The summed E-state index contributed by atoms with van der Waals surface area (Å²) in [4.78, 5) is 11.2. The Kier molecular flexibility index (Phi) is 2.00. The number of carbonyl (C=O) groups is 1. The number of carbonyl (C=O) groups excluding carboxylic acids is 1. The van der Waals surface area contributed by atoms with Crippen LogP contribution < -0.4 is 0 Å². The molecule has 1 heterocycles. The van der Waals surface area contributed by atoms with Gasteiger partial charge in [0.25, 0.3) is 0 Å². The first-order valence-corrected chi connectivity index (χ1v) is 4.28. The SMILES string of the molecule is COC(=O)c1cnnn1CC1CC1. The van der Waals surface area contributed by atoms with Gasteiger partial charge in [-0.3, -0.25) is 0 Å². The van der Waals surface area contributed by atoms with Gasteiger partial charge in [-0.05, 0) is 18.8 Å². The summed E-state index contributed by atoms with van der Waals surface area (Å²) in [5.41, 5.74) is 0.439. The summed E-state index contributed by atoms with van der Waals surface area (Å²) in [5, 5.41) is 7.52.